The van der Waals surface area contributed by atoms with Crippen LogP contribution in [-0.4, -0.2) is 32.6 Å². The number of aromatic nitrogens is 3. The van der Waals surface area contributed by atoms with Gasteiger partial charge in [-0.2, -0.15) is 4.39 Å². The van der Waals surface area contributed by atoms with Gasteiger partial charge in [-0.1, -0.05) is 18.2 Å². The molecule has 0 saturated heterocycles. The molecule has 1 atom stereocenters. The molecular weight excluding hydrogens is 542 g/mol. The third-order valence-electron chi connectivity index (χ3n) is 7.53. The highest BCUT2D eigenvalue weighted by atomic mass is 19.2. The lowest BCUT2D eigenvalue weighted by Gasteiger charge is -2.36. The number of hydrogen-bond acceptors (Lipinski definition) is 4. The molecule has 0 amide bonds. The molecule has 0 saturated carbocycles. The zero-order chi connectivity index (χ0) is 28.9. The number of rotatable bonds is 7. The van der Waals surface area contributed by atoms with E-state index in [9.17, 15) is 22.4 Å². The van der Waals surface area contributed by atoms with Crippen molar-refractivity contribution in [3.05, 3.63) is 94.9 Å². The Bertz CT molecular complexity index is 1820. The number of aryl methyl sites for hydroxylation is 1. The highest BCUT2D eigenvalue weighted by molar-refractivity contribution is 5.82. The lowest BCUT2D eigenvalue weighted by Crippen LogP contribution is -2.32. The van der Waals surface area contributed by atoms with Crippen molar-refractivity contribution in [1.29, 1.82) is 0 Å². The van der Waals surface area contributed by atoms with Crippen LogP contribution in [0.25, 0.3) is 22.3 Å². The summed E-state index contributed by atoms with van der Waals surface area (Å²) in [7, 11) is 0. The van der Waals surface area contributed by atoms with E-state index in [1.807, 2.05) is 25.1 Å². The number of ether oxygens (including phenoxy) is 2. The van der Waals surface area contributed by atoms with Crippen LogP contribution >= 0.6 is 0 Å². The maximum Gasteiger partial charge on any atom is 0.303 e. The molecule has 3 heterocycles. The maximum absolute atomic E-state index is 15.0. The number of nitrogens with one attached hydrogen (secondary N) is 2. The van der Waals surface area contributed by atoms with Crippen molar-refractivity contribution in [2.24, 2.45) is 0 Å². The fourth-order valence-corrected chi connectivity index (χ4v) is 5.26. The van der Waals surface area contributed by atoms with E-state index >= 15 is 0 Å². The largest absolute Gasteiger partial charge is 0.493 e. The van der Waals surface area contributed by atoms with Gasteiger partial charge >= 0.3 is 5.97 Å². The second kappa shape index (κ2) is 9.99. The normalized spacial score (nSPS) is 16.4. The quantitative estimate of drug-likeness (QED) is 0.146. The summed E-state index contributed by atoms with van der Waals surface area (Å²) >= 11 is 0. The van der Waals surface area contributed by atoms with Gasteiger partial charge < -0.3 is 24.5 Å². The molecule has 1 aliphatic heterocycles. The van der Waals surface area contributed by atoms with E-state index in [0.29, 0.717) is 30.9 Å². The summed E-state index contributed by atoms with van der Waals surface area (Å²) < 4.78 is 70.3. The molecular formula is C30H23F4N3O4. The van der Waals surface area contributed by atoms with Crippen molar-refractivity contribution < 1.29 is 36.9 Å². The summed E-state index contributed by atoms with van der Waals surface area (Å²) in [6.07, 6.45) is 3.70. The highest BCUT2D eigenvalue weighted by Crippen LogP contribution is 2.45. The molecule has 11 heteroatoms. The fourth-order valence-electron chi connectivity index (χ4n) is 5.26. The number of fused-ring (bicyclic) bond motifs is 2. The zero-order valence-corrected chi connectivity index (χ0v) is 21.7. The minimum Gasteiger partial charge on any atom is -0.493 e. The lowest BCUT2D eigenvalue weighted by atomic mass is 9.74. The number of carboxylic acids is 1. The van der Waals surface area contributed by atoms with E-state index in [1.165, 1.54) is 24.4 Å². The number of halogens is 4. The molecule has 2 aromatic heterocycles. The second-order valence-corrected chi connectivity index (χ2v) is 10.0. The Balaban J connectivity index is 1.34. The van der Waals surface area contributed by atoms with E-state index in [2.05, 4.69) is 15.0 Å². The summed E-state index contributed by atoms with van der Waals surface area (Å²) in [4.78, 5) is 21.1. The van der Waals surface area contributed by atoms with Crippen molar-refractivity contribution >= 4 is 16.9 Å². The number of H-pyrrole nitrogens is 2. The molecule has 5 aromatic rings. The monoisotopic (exact) mass is 565 g/mol. The van der Waals surface area contributed by atoms with Crippen molar-refractivity contribution in [2.45, 2.75) is 31.6 Å². The fraction of sp³-hybridized carbons (Fsp3) is 0.200. The Labute approximate surface area is 230 Å². The first kappa shape index (κ1) is 26.4. The van der Waals surface area contributed by atoms with Gasteiger partial charge in [0, 0.05) is 40.9 Å². The van der Waals surface area contributed by atoms with Crippen LogP contribution in [0.2, 0.25) is 0 Å². The van der Waals surface area contributed by atoms with Gasteiger partial charge in [-0.15, -0.1) is 0 Å². The number of imidazole rings is 1. The molecule has 0 aliphatic carbocycles. The van der Waals surface area contributed by atoms with E-state index in [-0.39, 0.29) is 34.5 Å². The lowest BCUT2D eigenvalue weighted by molar-refractivity contribution is -0.136. The van der Waals surface area contributed by atoms with Gasteiger partial charge in [-0.25, -0.2) is 18.2 Å². The molecule has 210 valence electrons. The average molecular weight is 566 g/mol. The molecule has 0 spiro atoms. The van der Waals surface area contributed by atoms with Gasteiger partial charge in [0.1, 0.15) is 23.1 Å². The summed E-state index contributed by atoms with van der Waals surface area (Å²) in [5.74, 6) is -5.79. The molecule has 1 aliphatic rings. The molecule has 0 fully saturated rings. The smallest absolute Gasteiger partial charge is 0.303 e. The Hall–Kier alpha value is -4.80. The number of hydrogen-bond donors (Lipinski definition) is 3. The summed E-state index contributed by atoms with van der Waals surface area (Å²) in [5.41, 5.74) is 1.32. The third-order valence-corrected chi connectivity index (χ3v) is 7.53. The Kier molecular flexibility index (Phi) is 6.44. The van der Waals surface area contributed by atoms with E-state index in [0.717, 1.165) is 17.2 Å². The summed E-state index contributed by atoms with van der Waals surface area (Å²) in [5, 5.41) is 8.93. The Morgan fingerprint density at radius 2 is 1.95 bits per heavy atom. The number of aliphatic carboxylic acids is 1. The van der Waals surface area contributed by atoms with Crippen LogP contribution in [0.1, 0.15) is 36.6 Å². The Morgan fingerprint density at radius 3 is 2.76 bits per heavy atom. The zero-order valence-electron chi connectivity index (χ0n) is 21.7. The van der Waals surface area contributed by atoms with Crippen molar-refractivity contribution in [1.82, 2.24) is 15.0 Å². The molecule has 3 aromatic carbocycles. The first-order valence-electron chi connectivity index (χ1n) is 12.8. The van der Waals surface area contributed by atoms with Crippen molar-refractivity contribution in [3.8, 4) is 28.6 Å². The first-order chi connectivity index (χ1) is 19.7. The average Bonchev–Trinajstić information content (AvgIpc) is 3.65. The SMILES string of the molecule is C[C@@]1(c2cnc(-c3cc(Oc4c(F)c(F)c5[nH]ccc5c4F)ccc3F)[nH]2)CCOc2c(CCC(=O)O)cccc21. The number of benzene rings is 3. The van der Waals surface area contributed by atoms with Crippen molar-refractivity contribution in [2.75, 3.05) is 6.61 Å². The molecule has 0 bridgehead atoms. The van der Waals surface area contributed by atoms with Crippen LogP contribution in [0, 0.1) is 23.3 Å². The molecule has 3 N–H and O–H groups in total. The molecule has 0 unspecified atom stereocenters. The van der Waals surface area contributed by atoms with Gasteiger partial charge in [0.25, 0.3) is 0 Å². The number of carbonyl (C=O) groups is 1. The number of aromatic amines is 2. The molecule has 41 heavy (non-hydrogen) atoms. The highest BCUT2D eigenvalue weighted by Gasteiger charge is 2.38. The van der Waals surface area contributed by atoms with Gasteiger partial charge in [0.15, 0.2) is 11.6 Å². The summed E-state index contributed by atoms with van der Waals surface area (Å²) in [6.45, 7) is 2.36. The van der Waals surface area contributed by atoms with Crippen LogP contribution in [-0.2, 0) is 16.6 Å². The van der Waals surface area contributed by atoms with Crippen LogP contribution in [0.4, 0.5) is 17.6 Å². The van der Waals surface area contributed by atoms with Gasteiger partial charge in [0.05, 0.1) is 17.7 Å². The predicted molar refractivity (Wildman–Crippen MR) is 141 cm³/mol. The predicted octanol–water partition coefficient (Wildman–Crippen LogP) is 7.01. The number of para-hydroxylation sites is 1. The second-order valence-electron chi connectivity index (χ2n) is 10.0. The van der Waals surface area contributed by atoms with Gasteiger partial charge in [-0.3, -0.25) is 4.79 Å². The third kappa shape index (κ3) is 4.47. The Morgan fingerprint density at radius 1 is 1.12 bits per heavy atom. The van der Waals surface area contributed by atoms with Crippen LogP contribution in [0.3, 0.4) is 0 Å². The van der Waals surface area contributed by atoms with Gasteiger partial charge in [-0.05, 0) is 49.6 Å². The topological polar surface area (TPSA) is 100 Å². The number of carboxylic acid groups (broad SMARTS) is 1. The van der Waals surface area contributed by atoms with Crippen LogP contribution in [0.15, 0.2) is 54.9 Å². The minimum absolute atomic E-state index is 0.0242. The van der Waals surface area contributed by atoms with Crippen LogP contribution in [0.5, 0.6) is 17.2 Å². The minimum atomic E-state index is -1.52. The molecule has 0 radical (unpaired) electrons. The van der Waals surface area contributed by atoms with E-state index < -0.39 is 40.4 Å². The van der Waals surface area contributed by atoms with Crippen molar-refractivity contribution in [3.63, 3.8) is 0 Å². The number of nitrogens with zero attached hydrogens (tertiary/aromatic N) is 1. The van der Waals surface area contributed by atoms with Gasteiger partial charge in [0.2, 0.25) is 11.6 Å². The van der Waals surface area contributed by atoms with E-state index in [4.69, 9.17) is 14.6 Å². The summed E-state index contributed by atoms with van der Waals surface area (Å²) in [6, 6.07) is 10.3. The maximum atomic E-state index is 15.0. The molecule has 7 nitrogen and oxygen atoms in total. The molecule has 6 rings (SSSR count). The van der Waals surface area contributed by atoms with Crippen LogP contribution < -0.4 is 9.47 Å². The van der Waals surface area contributed by atoms with E-state index in [1.54, 1.807) is 6.20 Å². The first-order valence-corrected chi connectivity index (χ1v) is 12.8. The standard InChI is InChI=1S/C30H23F4N3O4/c1-30(10-12-40-27-15(5-8-22(38)39)3-2-4-19(27)30)21-14-36-29(37-21)18-13-16(6-7-20(18)31)41-28-23(32)17-9-11-35-26(17)24(33)25(28)34/h2-4,6-7,9,11,13-14,35H,5,8,10,12H2,1H3,(H,36,37)(H,38,39)/t30-/m1/s1.